The van der Waals surface area contributed by atoms with Gasteiger partial charge in [-0.25, -0.2) is 0 Å². The minimum Gasteiger partial charge on any atom is -0.497 e. The molecule has 0 aliphatic rings. The van der Waals surface area contributed by atoms with Crippen molar-refractivity contribution in [3.8, 4) is 5.75 Å². The highest BCUT2D eigenvalue weighted by Gasteiger charge is 2.06. The van der Waals surface area contributed by atoms with Crippen LogP contribution in [0.4, 0.5) is 0 Å². The second-order valence-corrected chi connectivity index (χ2v) is 3.18. The smallest absolute Gasteiger partial charge is 0.118 e. The van der Waals surface area contributed by atoms with Gasteiger partial charge in [-0.15, -0.1) is 0 Å². The number of methoxy groups -OCH3 is 1. The lowest BCUT2D eigenvalue weighted by Crippen LogP contribution is -2.02. The van der Waals surface area contributed by atoms with Gasteiger partial charge in [0.25, 0.3) is 0 Å². The third kappa shape index (κ3) is 2.31. The molecule has 0 radical (unpaired) electrons. The summed E-state index contributed by atoms with van der Waals surface area (Å²) in [5.74, 6) is 1.06. The van der Waals surface area contributed by atoms with Gasteiger partial charge in [0.15, 0.2) is 0 Å². The Morgan fingerprint density at radius 1 is 1.31 bits per heavy atom. The Hall–Kier alpha value is -1.31. The van der Waals surface area contributed by atoms with Crippen LogP contribution in [0.2, 0.25) is 0 Å². The summed E-state index contributed by atoms with van der Waals surface area (Å²) in [6.45, 7) is 3.86. The topological polar surface area (TPSA) is 33.1 Å². The lowest BCUT2D eigenvalue weighted by atomic mass is 9.97. The third-order valence-corrected chi connectivity index (χ3v) is 2.27. The van der Waals surface area contributed by atoms with Crippen molar-refractivity contribution in [2.75, 3.05) is 7.11 Å². The van der Waals surface area contributed by atoms with Crippen LogP contribution in [-0.4, -0.2) is 12.8 Å². The molecule has 1 rings (SSSR count). The van der Waals surface area contributed by atoms with E-state index in [1.807, 2.05) is 38.1 Å². The molecule has 0 aliphatic carbocycles. The molecule has 0 aromatic heterocycles. The molecule has 0 bridgehead atoms. The molecule has 1 unspecified atom stereocenters. The number of benzene rings is 1. The van der Waals surface area contributed by atoms with Crippen LogP contribution in [0.5, 0.6) is 5.75 Å². The third-order valence-electron chi connectivity index (χ3n) is 2.27. The average molecular weight is 177 g/mol. The lowest BCUT2D eigenvalue weighted by molar-refractivity contribution is 0.414. The molecule has 0 heterocycles. The molecule has 0 aliphatic heterocycles. The molecule has 0 spiro atoms. The first-order chi connectivity index (χ1) is 6.15. The van der Waals surface area contributed by atoms with Crippen molar-refractivity contribution in [2.24, 2.45) is 0 Å². The van der Waals surface area contributed by atoms with Crippen molar-refractivity contribution in [2.45, 2.75) is 19.8 Å². The summed E-state index contributed by atoms with van der Waals surface area (Å²) in [6, 6.07) is 7.85. The highest BCUT2D eigenvalue weighted by molar-refractivity contribution is 5.85. The lowest BCUT2D eigenvalue weighted by Gasteiger charge is -2.10. The fourth-order valence-electron chi connectivity index (χ4n) is 1.14. The van der Waals surface area contributed by atoms with Crippen LogP contribution in [0.15, 0.2) is 24.3 Å². The summed E-state index contributed by atoms with van der Waals surface area (Å²) < 4.78 is 5.06. The van der Waals surface area contributed by atoms with Crippen molar-refractivity contribution in [3.05, 3.63) is 29.8 Å². The van der Waals surface area contributed by atoms with Crippen LogP contribution in [-0.2, 0) is 0 Å². The van der Waals surface area contributed by atoms with Gasteiger partial charge in [-0.2, -0.15) is 0 Å². The van der Waals surface area contributed by atoms with E-state index in [9.17, 15) is 0 Å². The minimum atomic E-state index is 0.200. The van der Waals surface area contributed by atoms with Gasteiger partial charge < -0.3 is 10.1 Å². The number of hydrogen-bond donors (Lipinski definition) is 1. The molecule has 2 nitrogen and oxygen atoms in total. The fraction of sp³-hybridized carbons (Fsp3) is 0.364. The van der Waals surface area contributed by atoms with Crippen molar-refractivity contribution in [1.29, 1.82) is 5.41 Å². The Balaban J connectivity index is 2.85. The Bertz CT molecular complexity index is 289. The predicted molar refractivity (Wildman–Crippen MR) is 54.8 cm³/mol. The molecule has 13 heavy (non-hydrogen) atoms. The van der Waals surface area contributed by atoms with Crippen LogP contribution >= 0.6 is 0 Å². The van der Waals surface area contributed by atoms with E-state index in [-0.39, 0.29) is 5.92 Å². The summed E-state index contributed by atoms with van der Waals surface area (Å²) in [5.41, 5.74) is 1.85. The van der Waals surface area contributed by atoms with Gasteiger partial charge >= 0.3 is 0 Å². The van der Waals surface area contributed by atoms with Gasteiger partial charge in [0.1, 0.15) is 5.75 Å². The highest BCUT2D eigenvalue weighted by atomic mass is 16.5. The molecule has 0 saturated heterocycles. The second-order valence-electron chi connectivity index (χ2n) is 3.18. The van der Waals surface area contributed by atoms with Crippen molar-refractivity contribution < 1.29 is 4.74 Å². The zero-order valence-corrected chi connectivity index (χ0v) is 8.29. The zero-order valence-electron chi connectivity index (χ0n) is 8.29. The number of hydrogen-bond acceptors (Lipinski definition) is 2. The summed E-state index contributed by atoms with van der Waals surface area (Å²) in [5, 5.41) is 7.51. The van der Waals surface area contributed by atoms with Crippen LogP contribution in [0.1, 0.15) is 25.3 Å². The molecule has 1 aromatic carbocycles. The highest BCUT2D eigenvalue weighted by Crippen LogP contribution is 2.19. The molecular formula is C11H15NO. The molecule has 1 N–H and O–H groups in total. The molecular weight excluding hydrogens is 162 g/mol. The maximum Gasteiger partial charge on any atom is 0.118 e. The van der Waals surface area contributed by atoms with Crippen molar-refractivity contribution in [1.82, 2.24) is 0 Å². The van der Waals surface area contributed by atoms with Gasteiger partial charge in [-0.05, 0) is 24.6 Å². The zero-order chi connectivity index (χ0) is 9.84. The molecule has 70 valence electrons. The molecule has 2 heteroatoms. The maximum absolute atomic E-state index is 7.51. The van der Waals surface area contributed by atoms with Crippen molar-refractivity contribution >= 4 is 5.71 Å². The molecule has 0 fully saturated rings. The quantitative estimate of drug-likeness (QED) is 0.707. The van der Waals surface area contributed by atoms with E-state index in [0.29, 0.717) is 5.71 Å². The number of rotatable bonds is 3. The van der Waals surface area contributed by atoms with Gasteiger partial charge in [0.05, 0.1) is 7.11 Å². The summed E-state index contributed by atoms with van der Waals surface area (Å²) >= 11 is 0. The maximum atomic E-state index is 7.51. The Morgan fingerprint density at radius 2 is 1.85 bits per heavy atom. The van der Waals surface area contributed by atoms with E-state index in [1.54, 1.807) is 7.11 Å². The summed E-state index contributed by atoms with van der Waals surface area (Å²) in [6.07, 6.45) is 0. The van der Waals surface area contributed by atoms with Gasteiger partial charge in [0, 0.05) is 11.6 Å². The normalized spacial score (nSPS) is 12.2. The van der Waals surface area contributed by atoms with Crippen LogP contribution in [0, 0.1) is 5.41 Å². The molecule has 0 saturated carbocycles. The number of ether oxygens (including phenoxy) is 1. The second kappa shape index (κ2) is 4.08. The van der Waals surface area contributed by atoms with E-state index in [1.165, 1.54) is 0 Å². The fourth-order valence-corrected chi connectivity index (χ4v) is 1.14. The van der Waals surface area contributed by atoms with E-state index >= 15 is 0 Å². The minimum absolute atomic E-state index is 0.200. The molecule has 0 amide bonds. The van der Waals surface area contributed by atoms with Gasteiger partial charge in [-0.3, -0.25) is 0 Å². The first-order valence-corrected chi connectivity index (χ1v) is 4.34. The Morgan fingerprint density at radius 3 is 2.23 bits per heavy atom. The average Bonchev–Trinajstić information content (AvgIpc) is 2.17. The van der Waals surface area contributed by atoms with Gasteiger partial charge in [-0.1, -0.05) is 19.1 Å². The van der Waals surface area contributed by atoms with E-state index in [4.69, 9.17) is 10.1 Å². The predicted octanol–water partition coefficient (Wildman–Crippen LogP) is 2.84. The summed E-state index contributed by atoms with van der Waals surface area (Å²) in [7, 11) is 1.65. The first-order valence-electron chi connectivity index (χ1n) is 4.34. The van der Waals surface area contributed by atoms with Crippen LogP contribution in [0.3, 0.4) is 0 Å². The molecule has 1 aromatic rings. The van der Waals surface area contributed by atoms with Crippen LogP contribution < -0.4 is 4.74 Å². The van der Waals surface area contributed by atoms with E-state index < -0.39 is 0 Å². The molecule has 1 atom stereocenters. The van der Waals surface area contributed by atoms with Crippen molar-refractivity contribution in [3.63, 3.8) is 0 Å². The Labute approximate surface area is 79.1 Å². The monoisotopic (exact) mass is 177 g/mol. The SMILES string of the molecule is COc1ccc(C(C)C(C)=N)cc1. The van der Waals surface area contributed by atoms with Crippen LogP contribution in [0.25, 0.3) is 0 Å². The van der Waals surface area contributed by atoms with Gasteiger partial charge in [0.2, 0.25) is 0 Å². The Kier molecular flexibility index (Phi) is 3.07. The summed E-state index contributed by atoms with van der Waals surface area (Å²) in [4.78, 5) is 0. The van der Waals surface area contributed by atoms with E-state index in [0.717, 1.165) is 11.3 Å². The first kappa shape index (κ1) is 9.78. The van der Waals surface area contributed by atoms with E-state index in [2.05, 4.69) is 0 Å². The standard InChI is InChI=1S/C11H15NO/c1-8(9(2)12)10-4-6-11(13-3)7-5-10/h4-8,12H,1-3H3. The largest absolute Gasteiger partial charge is 0.497 e. The number of nitrogens with one attached hydrogen (secondary N) is 1.